The zero-order chi connectivity index (χ0) is 15.8. The van der Waals surface area contributed by atoms with E-state index in [2.05, 4.69) is 24.2 Å². The number of rotatable bonds is 4. The second-order valence-corrected chi connectivity index (χ2v) is 5.57. The van der Waals surface area contributed by atoms with Crippen LogP contribution in [0.4, 0.5) is 0 Å². The van der Waals surface area contributed by atoms with Gasteiger partial charge in [0.2, 0.25) is 6.79 Å². The molecule has 1 N–H and O–H groups in total. The lowest BCUT2D eigenvalue weighted by molar-refractivity contribution is 0.170. The van der Waals surface area contributed by atoms with Crippen molar-refractivity contribution in [3.63, 3.8) is 0 Å². The van der Waals surface area contributed by atoms with Crippen LogP contribution in [0.5, 0.6) is 11.6 Å². The summed E-state index contributed by atoms with van der Waals surface area (Å²) in [5.74, 6) is 1.26. The average molecular weight is 310 g/mol. The summed E-state index contributed by atoms with van der Waals surface area (Å²) in [6.45, 7) is 2.50. The van der Waals surface area contributed by atoms with Gasteiger partial charge in [-0.05, 0) is 42.2 Å². The molecule has 0 radical (unpaired) electrons. The van der Waals surface area contributed by atoms with Crippen molar-refractivity contribution >= 4 is 0 Å². The number of fused-ring (bicyclic) bond motifs is 3. The topological polar surface area (TPSA) is 56.5 Å². The average Bonchev–Trinajstić information content (AvgIpc) is 3.21. The zero-order valence-corrected chi connectivity index (χ0v) is 13.0. The maximum atomic E-state index is 9.05. The number of aromatic nitrogens is 2. The molecule has 118 valence electrons. The van der Waals surface area contributed by atoms with Gasteiger partial charge in [-0.25, -0.2) is 4.68 Å². The van der Waals surface area contributed by atoms with Crippen molar-refractivity contribution < 1.29 is 14.6 Å². The predicted octanol–water partition coefficient (Wildman–Crippen LogP) is 2.80. The fraction of sp³-hybridized carbons (Fsp3) is 0.278. The minimum absolute atomic E-state index is 0.155. The minimum atomic E-state index is 0.155. The smallest absolute Gasteiger partial charge is 0.278 e. The molecular formula is C18H18N2O3. The summed E-state index contributed by atoms with van der Waals surface area (Å²) in [6, 6.07) is 12.3. The highest BCUT2D eigenvalue weighted by atomic mass is 16.7. The Morgan fingerprint density at radius 1 is 1.13 bits per heavy atom. The van der Waals surface area contributed by atoms with Crippen molar-refractivity contribution in [1.29, 1.82) is 0 Å². The van der Waals surface area contributed by atoms with Crippen LogP contribution in [-0.4, -0.2) is 28.3 Å². The molecule has 0 spiro atoms. The molecule has 0 amide bonds. The van der Waals surface area contributed by atoms with E-state index in [0.29, 0.717) is 12.3 Å². The van der Waals surface area contributed by atoms with Crippen molar-refractivity contribution in [3.8, 4) is 28.6 Å². The molecule has 0 unspecified atom stereocenters. The monoisotopic (exact) mass is 310 g/mol. The van der Waals surface area contributed by atoms with Crippen LogP contribution in [0.1, 0.15) is 18.1 Å². The third-order valence-electron chi connectivity index (χ3n) is 4.21. The maximum absolute atomic E-state index is 9.05. The number of benzene rings is 1. The summed E-state index contributed by atoms with van der Waals surface area (Å²) >= 11 is 0. The Balaban J connectivity index is 1.88. The largest absolute Gasteiger partial charge is 0.451 e. The third kappa shape index (κ3) is 2.24. The fourth-order valence-electron chi connectivity index (χ4n) is 3.03. The summed E-state index contributed by atoms with van der Waals surface area (Å²) in [5.41, 5.74) is 5.39. The number of aliphatic hydroxyl groups is 1. The lowest BCUT2D eigenvalue weighted by atomic mass is 10.1. The SMILES string of the molecule is CCc1ccc2c3c(nn(-c4ccc(CCO)cc4)c1-2)OCO3. The summed E-state index contributed by atoms with van der Waals surface area (Å²) in [4.78, 5) is 0. The number of ether oxygens (including phenoxy) is 2. The molecule has 3 aliphatic rings. The Labute approximate surface area is 134 Å². The molecule has 5 nitrogen and oxygen atoms in total. The van der Waals surface area contributed by atoms with Gasteiger partial charge in [-0.15, -0.1) is 5.10 Å². The van der Waals surface area contributed by atoms with Gasteiger partial charge >= 0.3 is 0 Å². The highest BCUT2D eigenvalue weighted by molar-refractivity contribution is 5.77. The van der Waals surface area contributed by atoms with Crippen LogP contribution in [0.15, 0.2) is 36.4 Å². The summed E-state index contributed by atoms with van der Waals surface area (Å²) in [7, 11) is 0. The van der Waals surface area contributed by atoms with Crippen LogP contribution in [0.2, 0.25) is 0 Å². The van der Waals surface area contributed by atoms with Gasteiger partial charge in [0, 0.05) is 12.2 Å². The molecule has 0 saturated carbocycles. The quantitative estimate of drug-likeness (QED) is 0.805. The Morgan fingerprint density at radius 2 is 1.96 bits per heavy atom. The zero-order valence-electron chi connectivity index (χ0n) is 13.0. The van der Waals surface area contributed by atoms with Crippen LogP contribution in [0, 0.1) is 0 Å². The first kappa shape index (κ1) is 14.1. The Hall–Kier alpha value is -2.53. The number of hydrogen-bond acceptors (Lipinski definition) is 4. The van der Waals surface area contributed by atoms with E-state index in [0.717, 1.165) is 34.7 Å². The molecule has 2 aliphatic heterocycles. The third-order valence-corrected chi connectivity index (χ3v) is 4.21. The second-order valence-electron chi connectivity index (χ2n) is 5.57. The number of hydrogen-bond donors (Lipinski definition) is 1. The van der Waals surface area contributed by atoms with Crippen LogP contribution < -0.4 is 9.47 Å². The summed E-state index contributed by atoms with van der Waals surface area (Å²) in [6.07, 6.45) is 1.58. The first-order valence-corrected chi connectivity index (χ1v) is 7.82. The van der Waals surface area contributed by atoms with E-state index in [1.165, 1.54) is 5.56 Å². The lowest BCUT2D eigenvalue weighted by Crippen LogP contribution is -2.07. The minimum Gasteiger partial charge on any atom is -0.451 e. The molecule has 1 aromatic rings. The first-order chi connectivity index (χ1) is 11.3. The molecular weight excluding hydrogens is 292 g/mol. The maximum Gasteiger partial charge on any atom is 0.278 e. The number of nitrogens with zero attached hydrogens (tertiary/aromatic N) is 2. The highest BCUT2D eigenvalue weighted by Gasteiger charge is 2.27. The van der Waals surface area contributed by atoms with Gasteiger partial charge in [-0.3, -0.25) is 0 Å². The van der Waals surface area contributed by atoms with Crippen molar-refractivity contribution in [2.75, 3.05) is 13.4 Å². The van der Waals surface area contributed by atoms with E-state index in [-0.39, 0.29) is 13.4 Å². The van der Waals surface area contributed by atoms with Crippen molar-refractivity contribution in [2.45, 2.75) is 19.8 Å². The van der Waals surface area contributed by atoms with Crippen LogP contribution in [-0.2, 0) is 12.8 Å². The van der Waals surface area contributed by atoms with Crippen molar-refractivity contribution in [3.05, 3.63) is 47.5 Å². The Morgan fingerprint density at radius 3 is 2.70 bits per heavy atom. The number of aliphatic hydroxyl groups excluding tert-OH is 1. The van der Waals surface area contributed by atoms with Gasteiger partial charge in [0.05, 0.1) is 11.4 Å². The van der Waals surface area contributed by atoms with Crippen molar-refractivity contribution in [1.82, 2.24) is 9.78 Å². The molecule has 0 fully saturated rings. The van der Waals surface area contributed by atoms with Gasteiger partial charge in [0.1, 0.15) is 0 Å². The summed E-state index contributed by atoms with van der Waals surface area (Å²) in [5, 5.41) is 13.7. The number of aryl methyl sites for hydroxylation is 1. The van der Waals surface area contributed by atoms with Crippen LogP contribution in [0.3, 0.4) is 0 Å². The molecule has 1 aliphatic carbocycles. The van der Waals surface area contributed by atoms with Gasteiger partial charge in [-0.1, -0.05) is 25.1 Å². The highest BCUT2D eigenvalue weighted by Crippen LogP contribution is 2.44. The predicted molar refractivity (Wildman–Crippen MR) is 86.5 cm³/mol. The normalized spacial score (nSPS) is 13.0. The molecule has 0 aromatic heterocycles. The van der Waals surface area contributed by atoms with Gasteiger partial charge < -0.3 is 14.6 Å². The molecule has 0 bridgehead atoms. The van der Waals surface area contributed by atoms with Crippen LogP contribution in [0.25, 0.3) is 16.9 Å². The lowest BCUT2D eigenvalue weighted by Gasteiger charge is -2.15. The molecule has 0 atom stereocenters. The molecule has 5 heteroatoms. The molecule has 2 heterocycles. The van der Waals surface area contributed by atoms with E-state index >= 15 is 0 Å². The molecule has 0 saturated heterocycles. The van der Waals surface area contributed by atoms with E-state index in [1.807, 2.05) is 28.9 Å². The molecule has 23 heavy (non-hydrogen) atoms. The molecule has 4 rings (SSSR count). The summed E-state index contributed by atoms with van der Waals surface area (Å²) < 4.78 is 13.0. The van der Waals surface area contributed by atoms with E-state index in [4.69, 9.17) is 14.6 Å². The Kier molecular flexibility index (Phi) is 3.42. The van der Waals surface area contributed by atoms with Gasteiger partial charge in [-0.2, -0.15) is 0 Å². The van der Waals surface area contributed by atoms with E-state index in [1.54, 1.807) is 0 Å². The van der Waals surface area contributed by atoms with E-state index < -0.39 is 0 Å². The second kappa shape index (κ2) is 5.59. The first-order valence-electron chi connectivity index (χ1n) is 7.82. The fourth-order valence-corrected chi connectivity index (χ4v) is 3.03. The molecule has 1 aromatic carbocycles. The van der Waals surface area contributed by atoms with Crippen molar-refractivity contribution in [2.24, 2.45) is 0 Å². The van der Waals surface area contributed by atoms with Gasteiger partial charge in [0.25, 0.3) is 5.88 Å². The Bertz CT molecular complexity index is 808. The van der Waals surface area contributed by atoms with Gasteiger partial charge in [0.15, 0.2) is 5.75 Å². The van der Waals surface area contributed by atoms with E-state index in [9.17, 15) is 0 Å². The standard InChI is InChI=1S/C18H18N2O3/c1-2-13-5-8-15-16(13)20(19-18-17(15)22-11-23-18)14-6-3-12(4-7-14)9-10-21/h3-8,21H,2,9-11H2,1H3. The van der Waals surface area contributed by atoms with Crippen LogP contribution >= 0.6 is 0 Å².